The van der Waals surface area contributed by atoms with Gasteiger partial charge in [-0.3, -0.25) is 4.79 Å². The van der Waals surface area contributed by atoms with Crippen molar-refractivity contribution in [3.8, 4) is 5.75 Å². The average Bonchev–Trinajstić information content (AvgIpc) is 3.40. The van der Waals surface area contributed by atoms with E-state index < -0.39 is 0 Å². The summed E-state index contributed by atoms with van der Waals surface area (Å²) in [6.07, 6.45) is 2.29. The SMILES string of the molecule is COc1ccc(CC(=O)N2CCC[C@H]2c2nnc(SCc3ccccc3)n2C)cc1. The number of ether oxygens (including phenoxy) is 1. The molecule has 1 aromatic heterocycles. The molecule has 6 nitrogen and oxygen atoms in total. The summed E-state index contributed by atoms with van der Waals surface area (Å²) >= 11 is 1.67. The molecule has 3 aromatic rings. The van der Waals surface area contributed by atoms with E-state index in [-0.39, 0.29) is 11.9 Å². The Labute approximate surface area is 181 Å². The number of carbonyl (C=O) groups excluding carboxylic acids is 1. The molecule has 2 heterocycles. The van der Waals surface area contributed by atoms with Crippen molar-refractivity contribution in [3.63, 3.8) is 0 Å². The van der Waals surface area contributed by atoms with Crippen LogP contribution in [0.1, 0.15) is 35.8 Å². The van der Waals surface area contributed by atoms with Gasteiger partial charge in [-0.15, -0.1) is 10.2 Å². The summed E-state index contributed by atoms with van der Waals surface area (Å²) < 4.78 is 7.24. The topological polar surface area (TPSA) is 60.2 Å². The molecule has 2 aromatic carbocycles. The van der Waals surface area contributed by atoms with Crippen molar-refractivity contribution < 1.29 is 9.53 Å². The number of aromatic nitrogens is 3. The molecular weight excluding hydrogens is 396 g/mol. The lowest BCUT2D eigenvalue weighted by Gasteiger charge is -2.24. The highest BCUT2D eigenvalue weighted by Gasteiger charge is 2.33. The molecular formula is C23H26N4O2S. The standard InChI is InChI=1S/C23H26N4O2S/c1-26-22(24-25-23(26)30-16-18-7-4-3-5-8-18)20-9-6-14-27(20)21(28)15-17-10-12-19(29-2)13-11-17/h3-5,7-8,10-13,20H,6,9,14-16H2,1-2H3/t20-/m0/s1. The second kappa shape index (κ2) is 9.34. The van der Waals surface area contributed by atoms with E-state index in [4.69, 9.17) is 4.74 Å². The fourth-order valence-corrected chi connectivity index (χ4v) is 4.69. The third-order valence-corrected chi connectivity index (χ3v) is 6.56. The minimum absolute atomic E-state index is 0.0145. The maximum atomic E-state index is 13.0. The minimum atomic E-state index is -0.0145. The third kappa shape index (κ3) is 4.51. The van der Waals surface area contributed by atoms with E-state index >= 15 is 0 Å². The van der Waals surface area contributed by atoms with Crippen LogP contribution in [0.15, 0.2) is 59.8 Å². The lowest BCUT2D eigenvalue weighted by Crippen LogP contribution is -2.33. The molecule has 0 unspecified atom stereocenters. The Bertz CT molecular complexity index is 988. The van der Waals surface area contributed by atoms with E-state index in [0.29, 0.717) is 6.42 Å². The number of benzene rings is 2. The van der Waals surface area contributed by atoms with Crippen LogP contribution < -0.4 is 4.74 Å². The first kappa shape index (κ1) is 20.5. The number of amides is 1. The van der Waals surface area contributed by atoms with Crippen molar-refractivity contribution in [2.75, 3.05) is 13.7 Å². The second-order valence-electron chi connectivity index (χ2n) is 7.44. The monoisotopic (exact) mass is 422 g/mol. The lowest BCUT2D eigenvalue weighted by atomic mass is 10.1. The van der Waals surface area contributed by atoms with Gasteiger partial charge in [0, 0.05) is 19.3 Å². The van der Waals surface area contributed by atoms with Crippen molar-refractivity contribution in [2.24, 2.45) is 7.05 Å². The van der Waals surface area contributed by atoms with Gasteiger partial charge in [-0.1, -0.05) is 54.2 Å². The highest BCUT2D eigenvalue weighted by molar-refractivity contribution is 7.98. The van der Waals surface area contributed by atoms with Crippen molar-refractivity contribution in [1.29, 1.82) is 0 Å². The molecule has 1 aliphatic rings. The minimum Gasteiger partial charge on any atom is -0.497 e. The van der Waals surface area contributed by atoms with Crippen molar-refractivity contribution in [3.05, 3.63) is 71.5 Å². The molecule has 1 saturated heterocycles. The van der Waals surface area contributed by atoms with Crippen LogP contribution in [0.3, 0.4) is 0 Å². The number of methoxy groups -OCH3 is 1. The van der Waals surface area contributed by atoms with Gasteiger partial charge in [0.2, 0.25) is 5.91 Å². The Balaban J connectivity index is 1.43. The van der Waals surface area contributed by atoms with E-state index in [1.807, 2.05) is 59.0 Å². The van der Waals surface area contributed by atoms with Gasteiger partial charge in [0.25, 0.3) is 0 Å². The van der Waals surface area contributed by atoms with E-state index in [2.05, 4.69) is 22.3 Å². The largest absolute Gasteiger partial charge is 0.497 e. The molecule has 1 fully saturated rings. The average molecular weight is 423 g/mol. The van der Waals surface area contributed by atoms with Gasteiger partial charge in [0.05, 0.1) is 19.6 Å². The molecule has 1 atom stereocenters. The zero-order chi connectivity index (χ0) is 20.9. The van der Waals surface area contributed by atoms with Gasteiger partial charge in [-0.2, -0.15) is 0 Å². The van der Waals surface area contributed by atoms with Gasteiger partial charge in [0.1, 0.15) is 5.75 Å². The Hall–Kier alpha value is -2.80. The highest BCUT2D eigenvalue weighted by Crippen LogP contribution is 2.33. The van der Waals surface area contributed by atoms with Crippen LogP contribution in [-0.4, -0.2) is 39.2 Å². The van der Waals surface area contributed by atoms with Crippen LogP contribution >= 0.6 is 11.8 Å². The molecule has 156 valence electrons. The molecule has 0 spiro atoms. The van der Waals surface area contributed by atoms with Crippen LogP contribution in [0.2, 0.25) is 0 Å². The first-order valence-electron chi connectivity index (χ1n) is 10.1. The summed E-state index contributed by atoms with van der Waals surface area (Å²) in [5.74, 6) is 2.64. The first-order valence-corrected chi connectivity index (χ1v) is 11.1. The number of likely N-dealkylation sites (tertiary alicyclic amines) is 1. The van der Waals surface area contributed by atoms with Crippen molar-refractivity contribution >= 4 is 17.7 Å². The van der Waals surface area contributed by atoms with Crippen LogP contribution in [0.25, 0.3) is 0 Å². The molecule has 0 bridgehead atoms. The summed E-state index contributed by atoms with van der Waals surface area (Å²) in [6, 6.07) is 18.0. The van der Waals surface area contributed by atoms with Crippen LogP contribution in [0.4, 0.5) is 0 Å². The number of rotatable bonds is 7. The van der Waals surface area contributed by atoms with E-state index in [1.165, 1.54) is 5.56 Å². The zero-order valence-electron chi connectivity index (χ0n) is 17.3. The Morgan fingerprint density at radius 3 is 2.60 bits per heavy atom. The zero-order valence-corrected chi connectivity index (χ0v) is 18.1. The summed E-state index contributed by atoms with van der Waals surface area (Å²) in [4.78, 5) is 15.0. The number of thioether (sulfide) groups is 1. The molecule has 7 heteroatoms. The molecule has 0 aliphatic carbocycles. The summed E-state index contributed by atoms with van der Waals surface area (Å²) in [5, 5.41) is 9.73. The molecule has 1 aliphatic heterocycles. The molecule has 30 heavy (non-hydrogen) atoms. The lowest BCUT2D eigenvalue weighted by molar-refractivity contribution is -0.131. The Kier molecular flexibility index (Phi) is 6.38. The molecule has 0 N–H and O–H groups in total. The van der Waals surface area contributed by atoms with Crippen LogP contribution in [-0.2, 0) is 24.0 Å². The Morgan fingerprint density at radius 2 is 1.87 bits per heavy atom. The van der Waals surface area contributed by atoms with E-state index in [9.17, 15) is 4.79 Å². The second-order valence-corrected chi connectivity index (χ2v) is 8.39. The number of carbonyl (C=O) groups is 1. The van der Waals surface area contributed by atoms with Crippen LogP contribution in [0, 0.1) is 0 Å². The summed E-state index contributed by atoms with van der Waals surface area (Å²) in [5.41, 5.74) is 2.24. The van der Waals surface area contributed by atoms with Crippen LogP contribution in [0.5, 0.6) is 5.75 Å². The fourth-order valence-electron chi connectivity index (χ4n) is 3.82. The number of hydrogen-bond acceptors (Lipinski definition) is 5. The molecule has 1 amide bonds. The van der Waals surface area contributed by atoms with Gasteiger partial charge in [-0.25, -0.2) is 0 Å². The normalized spacial score (nSPS) is 16.1. The van der Waals surface area contributed by atoms with Crippen molar-refractivity contribution in [2.45, 2.75) is 36.2 Å². The predicted molar refractivity (Wildman–Crippen MR) is 117 cm³/mol. The van der Waals surface area contributed by atoms with Gasteiger partial charge < -0.3 is 14.2 Å². The first-order chi connectivity index (χ1) is 14.7. The smallest absolute Gasteiger partial charge is 0.227 e. The number of nitrogens with zero attached hydrogens (tertiary/aromatic N) is 4. The molecule has 0 saturated carbocycles. The number of hydrogen-bond donors (Lipinski definition) is 0. The fraction of sp³-hybridized carbons (Fsp3) is 0.348. The van der Waals surface area contributed by atoms with E-state index in [1.54, 1.807) is 18.9 Å². The van der Waals surface area contributed by atoms with Gasteiger partial charge in [-0.05, 0) is 36.1 Å². The summed E-state index contributed by atoms with van der Waals surface area (Å²) in [7, 11) is 3.63. The molecule has 4 rings (SSSR count). The highest BCUT2D eigenvalue weighted by atomic mass is 32.2. The predicted octanol–water partition coefficient (Wildman–Crippen LogP) is 4.02. The maximum absolute atomic E-state index is 13.0. The van der Waals surface area contributed by atoms with Gasteiger partial charge >= 0.3 is 0 Å². The third-order valence-electron chi connectivity index (χ3n) is 5.46. The molecule has 0 radical (unpaired) electrons. The summed E-state index contributed by atoms with van der Waals surface area (Å²) in [6.45, 7) is 0.763. The maximum Gasteiger partial charge on any atom is 0.227 e. The Morgan fingerprint density at radius 1 is 1.10 bits per heavy atom. The van der Waals surface area contributed by atoms with Crippen molar-refractivity contribution in [1.82, 2.24) is 19.7 Å². The quantitative estimate of drug-likeness (QED) is 0.538. The van der Waals surface area contributed by atoms with Gasteiger partial charge in [0.15, 0.2) is 11.0 Å². The van der Waals surface area contributed by atoms with E-state index in [0.717, 1.165) is 47.4 Å².